The van der Waals surface area contributed by atoms with E-state index in [0.717, 1.165) is 39.1 Å². The first-order valence-corrected chi connectivity index (χ1v) is 6.68. The number of hydrogen-bond donors (Lipinski definition) is 2. The van der Waals surface area contributed by atoms with Crippen LogP contribution in [0, 0.1) is 0 Å². The van der Waals surface area contributed by atoms with Gasteiger partial charge >= 0.3 is 0 Å². The van der Waals surface area contributed by atoms with Crippen LogP contribution in [0.3, 0.4) is 0 Å². The van der Waals surface area contributed by atoms with E-state index in [9.17, 15) is 4.79 Å². The molecule has 0 aliphatic carbocycles. The van der Waals surface area contributed by atoms with Crippen LogP contribution >= 0.6 is 0 Å². The van der Waals surface area contributed by atoms with Gasteiger partial charge in [-0.3, -0.25) is 9.69 Å². The molecule has 1 heterocycles. The van der Waals surface area contributed by atoms with Crippen molar-refractivity contribution >= 4 is 5.91 Å². The molecule has 0 aromatic heterocycles. The van der Waals surface area contributed by atoms with Crippen LogP contribution in [0.25, 0.3) is 0 Å². The third-order valence-corrected chi connectivity index (χ3v) is 3.49. The molecule has 1 atom stereocenters. The average Bonchev–Trinajstić information content (AvgIpc) is 2.23. The zero-order valence-electron chi connectivity index (χ0n) is 11.9. The van der Waals surface area contributed by atoms with Gasteiger partial charge in [0.15, 0.2) is 0 Å². The van der Waals surface area contributed by atoms with Gasteiger partial charge in [-0.1, -0.05) is 0 Å². The number of unbranched alkanes of at least 4 members (excludes halogenated alkanes) is 1. The van der Waals surface area contributed by atoms with E-state index in [2.05, 4.69) is 18.7 Å². The summed E-state index contributed by atoms with van der Waals surface area (Å²) in [7, 11) is 0. The number of nitrogens with two attached hydrogens (primary N) is 2. The molecule has 5 heteroatoms. The maximum absolute atomic E-state index is 11.1. The topological polar surface area (TPSA) is 81.6 Å². The monoisotopic (exact) mass is 257 g/mol. The first-order valence-electron chi connectivity index (χ1n) is 6.68. The lowest BCUT2D eigenvalue weighted by molar-refractivity contribution is -0.122. The summed E-state index contributed by atoms with van der Waals surface area (Å²) in [6.07, 6.45) is 2.61. The lowest BCUT2D eigenvalue weighted by Crippen LogP contribution is -2.49. The Bertz CT molecular complexity index is 290. The predicted octanol–water partition coefficient (Wildman–Crippen LogP) is 0.470. The summed E-state index contributed by atoms with van der Waals surface area (Å²) < 4.78 is 5.66. The summed E-state index contributed by atoms with van der Waals surface area (Å²) in [4.78, 5) is 13.5. The quantitative estimate of drug-likeness (QED) is 0.678. The van der Waals surface area contributed by atoms with Crippen molar-refractivity contribution in [3.8, 4) is 0 Å². The van der Waals surface area contributed by atoms with E-state index < -0.39 is 11.4 Å². The summed E-state index contributed by atoms with van der Waals surface area (Å²) in [5, 5.41) is 0. The molecule has 1 amide bonds. The Morgan fingerprint density at radius 1 is 1.44 bits per heavy atom. The molecule has 1 unspecified atom stereocenters. The number of primary amides is 1. The molecule has 0 saturated carbocycles. The summed E-state index contributed by atoms with van der Waals surface area (Å²) >= 11 is 0. The van der Waals surface area contributed by atoms with Gasteiger partial charge in [-0.15, -0.1) is 0 Å². The van der Waals surface area contributed by atoms with Crippen molar-refractivity contribution in [3.05, 3.63) is 0 Å². The lowest BCUT2D eigenvalue weighted by atomic mass is 9.95. The number of carbonyl (C=O) groups excluding carboxylic acids is 1. The predicted molar refractivity (Wildman–Crippen MR) is 72.1 cm³/mol. The molecule has 4 N–H and O–H groups in total. The third-order valence-electron chi connectivity index (χ3n) is 3.49. The van der Waals surface area contributed by atoms with Crippen LogP contribution in [0.4, 0.5) is 0 Å². The molecule has 0 radical (unpaired) electrons. The van der Waals surface area contributed by atoms with Crippen molar-refractivity contribution in [2.45, 2.75) is 51.2 Å². The fourth-order valence-electron chi connectivity index (χ4n) is 2.26. The van der Waals surface area contributed by atoms with Crippen molar-refractivity contribution < 1.29 is 9.53 Å². The molecule has 0 aromatic carbocycles. The number of nitrogens with zero attached hydrogens (tertiary/aromatic N) is 1. The number of hydrogen-bond acceptors (Lipinski definition) is 4. The van der Waals surface area contributed by atoms with Gasteiger partial charge in [0, 0.05) is 13.1 Å². The van der Waals surface area contributed by atoms with Crippen LogP contribution in [0.2, 0.25) is 0 Å². The van der Waals surface area contributed by atoms with Gasteiger partial charge in [-0.2, -0.15) is 0 Å². The first-order chi connectivity index (χ1) is 8.23. The minimum atomic E-state index is -0.871. The Balaban J connectivity index is 2.20. The molecular formula is C13H27N3O2. The smallest absolute Gasteiger partial charge is 0.237 e. The van der Waals surface area contributed by atoms with Crippen molar-refractivity contribution in [3.63, 3.8) is 0 Å². The van der Waals surface area contributed by atoms with Crippen LogP contribution in [0.5, 0.6) is 0 Å². The molecule has 0 bridgehead atoms. The van der Waals surface area contributed by atoms with E-state index in [1.807, 2.05) is 0 Å². The largest absolute Gasteiger partial charge is 0.373 e. The van der Waals surface area contributed by atoms with Gasteiger partial charge in [-0.25, -0.2) is 0 Å². The van der Waals surface area contributed by atoms with Crippen molar-refractivity contribution in [2.75, 3.05) is 26.2 Å². The highest BCUT2D eigenvalue weighted by molar-refractivity contribution is 5.83. The Labute approximate surface area is 110 Å². The summed E-state index contributed by atoms with van der Waals surface area (Å²) in [6.45, 7) is 9.70. The molecule has 0 aromatic rings. The van der Waals surface area contributed by atoms with E-state index in [4.69, 9.17) is 16.2 Å². The third kappa shape index (κ3) is 4.92. The second-order valence-electron chi connectivity index (χ2n) is 6.12. The molecule has 1 aliphatic rings. The summed E-state index contributed by atoms with van der Waals surface area (Å²) in [5.41, 5.74) is 10.1. The highest BCUT2D eigenvalue weighted by Gasteiger charge is 2.27. The zero-order chi connectivity index (χ0) is 13.8. The van der Waals surface area contributed by atoms with Gasteiger partial charge in [0.1, 0.15) is 0 Å². The normalized spacial score (nSPS) is 23.6. The molecule has 1 saturated heterocycles. The highest BCUT2D eigenvalue weighted by Crippen LogP contribution is 2.17. The molecule has 1 fully saturated rings. The number of carbonyl (C=O) groups is 1. The standard InChI is InChI=1S/C13H27N3O2/c1-12(2)10-16(8-9-18-12)7-5-4-6-13(3,15)11(14)17/h4-10,15H2,1-3H3,(H2,14,17). The molecule has 5 nitrogen and oxygen atoms in total. The Morgan fingerprint density at radius 3 is 2.67 bits per heavy atom. The molecule has 1 rings (SSSR count). The zero-order valence-corrected chi connectivity index (χ0v) is 11.9. The van der Waals surface area contributed by atoms with Crippen LogP contribution in [0.15, 0.2) is 0 Å². The number of morpholine rings is 1. The van der Waals surface area contributed by atoms with E-state index in [-0.39, 0.29) is 5.60 Å². The van der Waals surface area contributed by atoms with Crippen molar-refractivity contribution in [1.29, 1.82) is 0 Å². The minimum absolute atomic E-state index is 0.0478. The number of amides is 1. The van der Waals surface area contributed by atoms with Gasteiger partial charge in [-0.05, 0) is 46.6 Å². The Hall–Kier alpha value is -0.650. The van der Waals surface area contributed by atoms with Crippen molar-refractivity contribution in [2.24, 2.45) is 11.5 Å². The van der Waals surface area contributed by atoms with E-state index >= 15 is 0 Å². The number of rotatable bonds is 6. The van der Waals surface area contributed by atoms with Gasteiger partial charge in [0.25, 0.3) is 0 Å². The molecule has 106 valence electrons. The molecule has 0 spiro atoms. The second kappa shape index (κ2) is 5.99. The number of ether oxygens (including phenoxy) is 1. The first kappa shape index (κ1) is 15.4. The maximum atomic E-state index is 11.1. The highest BCUT2D eigenvalue weighted by atomic mass is 16.5. The summed E-state index contributed by atoms with van der Waals surface area (Å²) in [6, 6.07) is 0. The van der Waals surface area contributed by atoms with E-state index in [0.29, 0.717) is 6.42 Å². The van der Waals surface area contributed by atoms with Crippen LogP contribution in [-0.4, -0.2) is 48.2 Å². The maximum Gasteiger partial charge on any atom is 0.237 e. The molecule has 18 heavy (non-hydrogen) atoms. The molecular weight excluding hydrogens is 230 g/mol. The minimum Gasteiger partial charge on any atom is -0.373 e. The fraction of sp³-hybridized carbons (Fsp3) is 0.923. The summed E-state index contributed by atoms with van der Waals surface area (Å²) in [5.74, 6) is -0.421. The Kier molecular flexibility index (Phi) is 5.13. The van der Waals surface area contributed by atoms with E-state index in [1.54, 1.807) is 6.92 Å². The Morgan fingerprint density at radius 2 is 2.11 bits per heavy atom. The van der Waals surface area contributed by atoms with Crippen LogP contribution in [-0.2, 0) is 9.53 Å². The van der Waals surface area contributed by atoms with Crippen LogP contribution < -0.4 is 11.5 Å². The fourth-order valence-corrected chi connectivity index (χ4v) is 2.26. The van der Waals surface area contributed by atoms with Crippen LogP contribution in [0.1, 0.15) is 40.0 Å². The molecule has 1 aliphatic heterocycles. The van der Waals surface area contributed by atoms with Gasteiger partial charge in [0.05, 0.1) is 17.7 Å². The van der Waals surface area contributed by atoms with Gasteiger partial charge < -0.3 is 16.2 Å². The van der Waals surface area contributed by atoms with Crippen molar-refractivity contribution in [1.82, 2.24) is 4.90 Å². The van der Waals surface area contributed by atoms with E-state index in [1.165, 1.54) is 0 Å². The SMILES string of the molecule is CC1(C)CN(CCCCC(C)(N)C(N)=O)CCO1. The lowest BCUT2D eigenvalue weighted by Gasteiger charge is -2.38. The average molecular weight is 257 g/mol. The van der Waals surface area contributed by atoms with Gasteiger partial charge in [0.2, 0.25) is 5.91 Å². The second-order valence-corrected chi connectivity index (χ2v) is 6.12.